The van der Waals surface area contributed by atoms with Gasteiger partial charge in [0.25, 0.3) is 0 Å². The molecule has 0 aliphatic carbocycles. The molecule has 11 heteroatoms. The zero-order valence-corrected chi connectivity index (χ0v) is 18.7. The molecule has 0 atom stereocenters. The van der Waals surface area contributed by atoms with Crippen molar-refractivity contribution in [2.45, 2.75) is 25.6 Å². The SMILES string of the molecule is O=S(=O)(CCNCCC[Si](O)(O)O)CCN(Cc1ccccn1)Cc1ccccn1. The van der Waals surface area contributed by atoms with Gasteiger partial charge in [-0.2, -0.15) is 0 Å². The number of hydrogen-bond acceptors (Lipinski definition) is 9. The van der Waals surface area contributed by atoms with Gasteiger partial charge in [-0.3, -0.25) is 14.9 Å². The van der Waals surface area contributed by atoms with Crippen molar-refractivity contribution in [3.8, 4) is 0 Å². The Kier molecular flexibility index (Phi) is 9.98. The number of pyridine rings is 2. The van der Waals surface area contributed by atoms with Crippen LogP contribution in [0.15, 0.2) is 48.8 Å². The van der Waals surface area contributed by atoms with E-state index in [-0.39, 0.29) is 24.1 Å². The first-order chi connectivity index (χ1) is 14.2. The topological polar surface area (TPSA) is 136 Å². The van der Waals surface area contributed by atoms with Crippen LogP contribution in [0.4, 0.5) is 0 Å². The Morgan fingerprint density at radius 3 is 2.00 bits per heavy atom. The Balaban J connectivity index is 1.82. The van der Waals surface area contributed by atoms with Crippen LogP contribution in [0.25, 0.3) is 0 Å². The van der Waals surface area contributed by atoms with Gasteiger partial charge < -0.3 is 19.7 Å². The molecular weight excluding hydrogens is 424 g/mol. The summed E-state index contributed by atoms with van der Waals surface area (Å²) in [5.41, 5.74) is 1.73. The Bertz CT molecular complexity index is 794. The zero-order valence-electron chi connectivity index (χ0n) is 16.9. The largest absolute Gasteiger partial charge is 0.492 e. The van der Waals surface area contributed by atoms with Crippen LogP contribution >= 0.6 is 0 Å². The van der Waals surface area contributed by atoms with E-state index in [0.717, 1.165) is 11.4 Å². The molecule has 4 N–H and O–H groups in total. The smallest absolute Gasteiger partial charge is 0.390 e. The number of hydrogen-bond donors (Lipinski definition) is 4. The van der Waals surface area contributed by atoms with Crippen molar-refractivity contribution < 1.29 is 22.8 Å². The minimum atomic E-state index is -4.02. The van der Waals surface area contributed by atoms with Crippen LogP contribution in [0.1, 0.15) is 17.8 Å². The first-order valence-corrected chi connectivity index (χ1v) is 13.7. The molecule has 0 aliphatic rings. The fraction of sp³-hybridized carbons (Fsp3) is 0.474. The van der Waals surface area contributed by atoms with Gasteiger partial charge in [0.05, 0.1) is 22.9 Å². The summed E-state index contributed by atoms with van der Waals surface area (Å²) in [5, 5.41) is 2.96. The highest BCUT2D eigenvalue weighted by Crippen LogP contribution is 2.07. The third kappa shape index (κ3) is 10.9. The van der Waals surface area contributed by atoms with Gasteiger partial charge in [0, 0.05) is 44.6 Å². The van der Waals surface area contributed by atoms with Crippen molar-refractivity contribution in [1.29, 1.82) is 0 Å². The quantitative estimate of drug-likeness (QED) is 0.226. The van der Waals surface area contributed by atoms with Crippen molar-refractivity contribution in [3.63, 3.8) is 0 Å². The van der Waals surface area contributed by atoms with E-state index < -0.39 is 18.6 Å². The van der Waals surface area contributed by atoms with Gasteiger partial charge in [0.1, 0.15) is 0 Å². The number of nitrogens with zero attached hydrogens (tertiary/aromatic N) is 3. The van der Waals surface area contributed by atoms with E-state index in [1.807, 2.05) is 41.3 Å². The molecule has 2 rings (SSSR count). The minimum Gasteiger partial charge on any atom is -0.390 e. The van der Waals surface area contributed by atoms with E-state index in [4.69, 9.17) is 14.4 Å². The number of aromatic nitrogens is 2. The maximum absolute atomic E-state index is 12.4. The van der Waals surface area contributed by atoms with Crippen molar-refractivity contribution in [2.75, 3.05) is 31.1 Å². The average molecular weight is 455 g/mol. The van der Waals surface area contributed by atoms with Crippen molar-refractivity contribution in [1.82, 2.24) is 20.2 Å². The molecule has 0 fully saturated rings. The zero-order chi connectivity index (χ0) is 21.9. The highest BCUT2D eigenvalue weighted by molar-refractivity contribution is 7.91. The molecule has 2 aromatic heterocycles. The van der Waals surface area contributed by atoms with Crippen LogP contribution in [0.3, 0.4) is 0 Å². The monoisotopic (exact) mass is 454 g/mol. The first-order valence-electron chi connectivity index (χ1n) is 9.84. The van der Waals surface area contributed by atoms with Crippen LogP contribution in [0.5, 0.6) is 0 Å². The number of sulfone groups is 1. The highest BCUT2D eigenvalue weighted by Gasteiger charge is 2.25. The lowest BCUT2D eigenvalue weighted by Gasteiger charge is -2.21. The Hall–Kier alpha value is -1.73. The van der Waals surface area contributed by atoms with E-state index in [9.17, 15) is 8.42 Å². The summed E-state index contributed by atoms with van der Waals surface area (Å²) in [6.07, 6.45) is 3.80. The van der Waals surface area contributed by atoms with Crippen LogP contribution < -0.4 is 5.32 Å². The molecule has 0 unspecified atom stereocenters. The van der Waals surface area contributed by atoms with Crippen molar-refractivity contribution >= 4 is 18.6 Å². The molecule has 0 aromatic carbocycles. The summed E-state index contributed by atoms with van der Waals surface area (Å²) in [4.78, 5) is 37.5. The summed E-state index contributed by atoms with van der Waals surface area (Å²) in [6.45, 7) is 2.11. The molecule has 9 nitrogen and oxygen atoms in total. The van der Waals surface area contributed by atoms with Crippen molar-refractivity contribution in [3.05, 3.63) is 60.2 Å². The Labute approximate surface area is 178 Å². The van der Waals surface area contributed by atoms with Gasteiger partial charge in [0.15, 0.2) is 9.84 Å². The van der Waals surface area contributed by atoms with E-state index in [1.165, 1.54) is 0 Å². The second-order valence-corrected chi connectivity index (χ2v) is 11.5. The number of nitrogens with one attached hydrogen (secondary N) is 1. The maximum Gasteiger partial charge on any atom is 0.492 e. The predicted molar refractivity (Wildman–Crippen MR) is 116 cm³/mol. The molecule has 2 heterocycles. The van der Waals surface area contributed by atoms with E-state index in [0.29, 0.717) is 32.6 Å². The fourth-order valence-corrected chi connectivity index (χ4v) is 4.68. The molecule has 0 radical (unpaired) electrons. The third-order valence-electron chi connectivity index (χ3n) is 4.40. The summed E-state index contributed by atoms with van der Waals surface area (Å²) < 4.78 is 24.8. The first kappa shape index (κ1) is 24.5. The molecule has 30 heavy (non-hydrogen) atoms. The molecule has 0 saturated heterocycles. The predicted octanol–water partition coefficient (Wildman–Crippen LogP) is -0.211. The fourth-order valence-electron chi connectivity index (χ4n) is 2.83. The number of rotatable bonds is 14. The second kappa shape index (κ2) is 12.2. The van der Waals surface area contributed by atoms with Crippen LogP contribution in [-0.4, -0.2) is 77.6 Å². The van der Waals surface area contributed by atoms with E-state index in [1.54, 1.807) is 12.4 Å². The Morgan fingerprint density at radius 2 is 1.50 bits per heavy atom. The molecule has 0 aliphatic heterocycles. The summed E-state index contributed by atoms with van der Waals surface area (Å²) >= 11 is 0. The van der Waals surface area contributed by atoms with E-state index in [2.05, 4.69) is 15.3 Å². The lowest BCUT2D eigenvalue weighted by molar-refractivity contribution is 0.226. The van der Waals surface area contributed by atoms with E-state index >= 15 is 0 Å². The van der Waals surface area contributed by atoms with Gasteiger partial charge in [0.2, 0.25) is 0 Å². The molecular formula is C19H30N4O5SSi. The summed E-state index contributed by atoms with van der Waals surface area (Å²) in [6, 6.07) is 11.2. The Morgan fingerprint density at radius 1 is 0.900 bits per heavy atom. The normalized spacial score (nSPS) is 12.4. The van der Waals surface area contributed by atoms with Crippen molar-refractivity contribution in [2.24, 2.45) is 0 Å². The van der Waals surface area contributed by atoms with Gasteiger partial charge in [-0.25, -0.2) is 8.42 Å². The van der Waals surface area contributed by atoms with Crippen LogP contribution in [0, 0.1) is 0 Å². The molecule has 0 bridgehead atoms. The average Bonchev–Trinajstić information content (AvgIpc) is 2.70. The van der Waals surface area contributed by atoms with Gasteiger partial charge in [-0.05, 0) is 37.2 Å². The lowest BCUT2D eigenvalue weighted by Crippen LogP contribution is -2.35. The lowest BCUT2D eigenvalue weighted by atomic mass is 10.3. The molecule has 0 spiro atoms. The molecule has 166 valence electrons. The highest BCUT2D eigenvalue weighted by atomic mass is 32.2. The standard InChI is InChI=1S/C19H30N4O5SSi/c24-29(25,13-11-20-8-5-15-30(26,27)28)14-12-23(16-18-6-1-3-9-21-18)17-19-7-2-4-10-22-19/h1-4,6-7,9-10,20,26-28H,5,8,11-17H2. The maximum atomic E-state index is 12.4. The van der Waals surface area contributed by atoms with Gasteiger partial charge in [-0.15, -0.1) is 0 Å². The summed E-state index contributed by atoms with van der Waals surface area (Å²) in [5.74, 6) is 0.0161. The second-order valence-electron chi connectivity index (χ2n) is 7.13. The molecule has 0 saturated carbocycles. The van der Waals surface area contributed by atoms with Gasteiger partial charge >= 0.3 is 8.80 Å². The third-order valence-corrected chi connectivity index (χ3v) is 7.05. The minimum absolute atomic E-state index is 0.00599. The van der Waals surface area contributed by atoms with Gasteiger partial charge in [-0.1, -0.05) is 12.1 Å². The van der Waals surface area contributed by atoms with Crippen LogP contribution in [0.2, 0.25) is 6.04 Å². The molecule has 2 aromatic rings. The summed E-state index contributed by atoms with van der Waals surface area (Å²) in [7, 11) is -7.28. The van der Waals surface area contributed by atoms with Crippen LogP contribution in [-0.2, 0) is 22.9 Å². The molecule has 0 amide bonds.